The first kappa shape index (κ1) is 24.1. The molecule has 10 nitrogen and oxygen atoms in total. The van der Waals surface area contributed by atoms with Crippen molar-refractivity contribution in [1.29, 1.82) is 0 Å². The maximum atomic E-state index is 13.0. The topological polar surface area (TPSA) is 121 Å². The fourth-order valence-corrected chi connectivity index (χ4v) is 3.61. The van der Waals surface area contributed by atoms with Gasteiger partial charge in [-0.15, -0.1) is 23.4 Å². The van der Waals surface area contributed by atoms with Gasteiger partial charge in [0.1, 0.15) is 17.3 Å². The van der Waals surface area contributed by atoms with E-state index in [0.717, 1.165) is 4.68 Å². The van der Waals surface area contributed by atoms with Crippen molar-refractivity contribution in [2.24, 2.45) is 0 Å². The quantitative estimate of drug-likeness (QED) is 0.222. The lowest BCUT2D eigenvalue weighted by molar-refractivity contribution is -0.144. The van der Waals surface area contributed by atoms with Gasteiger partial charge in [0.2, 0.25) is 5.91 Å². The number of esters is 1. The molecule has 0 aliphatic heterocycles. The van der Waals surface area contributed by atoms with Gasteiger partial charge in [-0.2, -0.15) is 4.68 Å². The molecule has 0 aromatic carbocycles. The Bertz CT molecular complexity index is 1140. The van der Waals surface area contributed by atoms with Crippen LogP contribution in [-0.2, 0) is 27.4 Å². The highest BCUT2D eigenvalue weighted by Gasteiger charge is 2.21. The van der Waals surface area contributed by atoms with Gasteiger partial charge in [-0.3, -0.25) is 9.59 Å². The van der Waals surface area contributed by atoms with Crippen molar-refractivity contribution in [2.75, 3.05) is 18.9 Å². The van der Waals surface area contributed by atoms with Crippen molar-refractivity contribution in [3.05, 3.63) is 65.7 Å². The second-order valence-corrected chi connectivity index (χ2v) is 7.74. The van der Waals surface area contributed by atoms with Crippen molar-refractivity contribution in [2.45, 2.75) is 31.5 Å². The van der Waals surface area contributed by atoms with Crippen LogP contribution < -0.4 is 5.76 Å². The molecule has 0 radical (unpaired) electrons. The fourth-order valence-electron chi connectivity index (χ4n) is 2.89. The lowest BCUT2D eigenvalue weighted by Gasteiger charge is -2.21. The molecule has 3 rings (SSSR count). The van der Waals surface area contributed by atoms with Crippen LogP contribution >= 0.6 is 11.8 Å². The Kier molecular flexibility index (Phi) is 8.64. The number of nitrogens with zero attached hydrogens (tertiary/aromatic N) is 4. The fraction of sp³-hybridized carbons (Fsp3) is 0.318. The molecular weight excluding hydrogens is 448 g/mol. The van der Waals surface area contributed by atoms with Crippen LogP contribution in [0.3, 0.4) is 0 Å². The highest BCUT2D eigenvalue weighted by molar-refractivity contribution is 7.99. The number of hydrogen-bond acceptors (Lipinski definition) is 9. The minimum Gasteiger partial charge on any atom is -0.467 e. The summed E-state index contributed by atoms with van der Waals surface area (Å²) in [6, 6.07) is 6.86. The Morgan fingerprint density at radius 2 is 2.18 bits per heavy atom. The zero-order valence-electron chi connectivity index (χ0n) is 18.1. The molecule has 0 N–H and O–H groups in total. The van der Waals surface area contributed by atoms with Crippen LogP contribution in [0.25, 0.3) is 11.5 Å². The average molecular weight is 473 g/mol. The third-order valence-corrected chi connectivity index (χ3v) is 5.40. The summed E-state index contributed by atoms with van der Waals surface area (Å²) in [6.07, 6.45) is 4.87. The lowest BCUT2D eigenvalue weighted by atomic mass is 10.3. The van der Waals surface area contributed by atoms with Crippen LogP contribution in [0.15, 0.2) is 68.0 Å². The van der Waals surface area contributed by atoms with Crippen LogP contribution in [0.1, 0.15) is 19.1 Å². The summed E-state index contributed by atoms with van der Waals surface area (Å²) in [5.74, 6) is -0.390. The number of ether oxygens (including phenoxy) is 1. The molecule has 0 saturated heterocycles. The van der Waals surface area contributed by atoms with Gasteiger partial charge in [0, 0.05) is 18.5 Å². The highest BCUT2D eigenvalue weighted by Crippen LogP contribution is 2.27. The molecular formula is C22H24N4O6S. The van der Waals surface area contributed by atoms with E-state index in [1.165, 1.54) is 22.9 Å². The first-order valence-corrected chi connectivity index (χ1v) is 11.2. The van der Waals surface area contributed by atoms with Crippen LogP contribution in [0, 0.1) is 0 Å². The van der Waals surface area contributed by atoms with E-state index in [4.69, 9.17) is 13.6 Å². The predicted molar refractivity (Wildman–Crippen MR) is 120 cm³/mol. The summed E-state index contributed by atoms with van der Waals surface area (Å²) >= 11 is 1.42. The molecule has 174 valence electrons. The molecule has 3 aromatic rings. The molecule has 3 heterocycles. The van der Waals surface area contributed by atoms with Crippen LogP contribution in [0.5, 0.6) is 0 Å². The maximum absolute atomic E-state index is 13.0. The van der Waals surface area contributed by atoms with Crippen molar-refractivity contribution < 1.29 is 23.2 Å². The molecule has 0 unspecified atom stereocenters. The van der Waals surface area contributed by atoms with Crippen molar-refractivity contribution >= 4 is 23.6 Å². The van der Waals surface area contributed by atoms with Gasteiger partial charge < -0.3 is 18.5 Å². The summed E-state index contributed by atoms with van der Waals surface area (Å²) in [6.45, 7) is 5.53. The number of carbonyl (C=O) groups excluding carboxylic acids is 2. The predicted octanol–water partition coefficient (Wildman–Crippen LogP) is 2.75. The number of hydrogen-bond donors (Lipinski definition) is 0. The smallest absolute Gasteiger partial charge is 0.437 e. The normalized spacial score (nSPS) is 10.7. The zero-order valence-corrected chi connectivity index (χ0v) is 19.0. The molecule has 0 aliphatic rings. The lowest BCUT2D eigenvalue weighted by Crippen LogP contribution is -2.37. The van der Waals surface area contributed by atoms with Crippen molar-refractivity contribution in [3.8, 4) is 11.5 Å². The third kappa shape index (κ3) is 6.69. The number of amides is 1. The van der Waals surface area contributed by atoms with Gasteiger partial charge in [-0.25, -0.2) is 9.78 Å². The second-order valence-electron chi connectivity index (χ2n) is 6.74. The zero-order chi connectivity index (χ0) is 23.6. The van der Waals surface area contributed by atoms with Gasteiger partial charge in [-0.1, -0.05) is 6.08 Å². The first-order valence-electron chi connectivity index (χ1n) is 10.2. The maximum Gasteiger partial charge on any atom is 0.437 e. The van der Waals surface area contributed by atoms with Crippen LogP contribution in [0.2, 0.25) is 0 Å². The van der Waals surface area contributed by atoms with E-state index in [1.807, 2.05) is 0 Å². The largest absolute Gasteiger partial charge is 0.467 e. The van der Waals surface area contributed by atoms with E-state index >= 15 is 0 Å². The van der Waals surface area contributed by atoms with E-state index in [-0.39, 0.29) is 38.6 Å². The number of pyridine rings is 1. The Labute approximate surface area is 194 Å². The molecule has 0 fully saturated rings. The van der Waals surface area contributed by atoms with E-state index in [0.29, 0.717) is 22.1 Å². The summed E-state index contributed by atoms with van der Waals surface area (Å²) in [7, 11) is 0. The molecule has 0 atom stereocenters. The average Bonchev–Trinajstić information content (AvgIpc) is 3.45. The first-order chi connectivity index (χ1) is 16.0. The van der Waals surface area contributed by atoms with E-state index in [9.17, 15) is 14.4 Å². The third-order valence-electron chi connectivity index (χ3n) is 4.40. The molecule has 0 aliphatic carbocycles. The second kappa shape index (κ2) is 11.9. The Morgan fingerprint density at radius 3 is 2.91 bits per heavy atom. The van der Waals surface area contributed by atoms with Gasteiger partial charge in [0.05, 0.1) is 31.4 Å². The highest BCUT2D eigenvalue weighted by atomic mass is 32.2. The van der Waals surface area contributed by atoms with E-state index in [1.54, 1.807) is 43.5 Å². The number of thioether (sulfide) groups is 1. The summed E-state index contributed by atoms with van der Waals surface area (Å²) in [5, 5.41) is 4.82. The Morgan fingerprint density at radius 1 is 1.33 bits per heavy atom. The number of aromatic nitrogens is 3. The van der Waals surface area contributed by atoms with Crippen LogP contribution in [-0.4, -0.2) is 50.4 Å². The van der Waals surface area contributed by atoms with E-state index < -0.39 is 17.6 Å². The molecule has 11 heteroatoms. The molecule has 0 bridgehead atoms. The molecule has 33 heavy (non-hydrogen) atoms. The van der Waals surface area contributed by atoms with Crippen molar-refractivity contribution in [1.82, 2.24) is 19.7 Å². The molecule has 0 spiro atoms. The number of furan rings is 1. The van der Waals surface area contributed by atoms with Gasteiger partial charge in [-0.05, 0) is 31.2 Å². The van der Waals surface area contributed by atoms with Crippen molar-refractivity contribution in [3.63, 3.8) is 0 Å². The number of rotatable bonds is 12. The minimum atomic E-state index is -0.773. The monoisotopic (exact) mass is 472 g/mol. The standard InChI is InChI=1S/C22H24N4O6S/c1-3-13-33-21-17(8-5-10-23-21)20-24-26(22(29)32-20)15-18(27)25(11-9-19(28)30-4-2)14-16-7-6-12-31-16/h3,5-8,10,12H,1,4,9,11,13-15H2,2H3. The minimum absolute atomic E-state index is 0.0127. The van der Waals surface area contributed by atoms with E-state index in [2.05, 4.69) is 16.7 Å². The van der Waals surface area contributed by atoms with Gasteiger partial charge in [0.15, 0.2) is 0 Å². The van der Waals surface area contributed by atoms with Gasteiger partial charge in [0.25, 0.3) is 5.89 Å². The van der Waals surface area contributed by atoms with Crippen LogP contribution in [0.4, 0.5) is 0 Å². The molecule has 1 amide bonds. The van der Waals surface area contributed by atoms with Gasteiger partial charge >= 0.3 is 11.7 Å². The SMILES string of the molecule is C=CCSc1ncccc1-c1nn(CC(=O)N(CCC(=O)OCC)Cc2ccco2)c(=O)o1. The Balaban J connectivity index is 1.77. The summed E-state index contributed by atoms with van der Waals surface area (Å²) in [4.78, 5) is 42.8. The summed E-state index contributed by atoms with van der Waals surface area (Å²) < 4.78 is 16.5. The summed E-state index contributed by atoms with van der Waals surface area (Å²) in [5.41, 5.74) is 0.544. The molecule has 3 aromatic heterocycles. The number of carbonyl (C=O) groups is 2. The molecule has 0 saturated carbocycles. The Hall–Kier alpha value is -3.60.